The van der Waals surface area contributed by atoms with E-state index < -0.39 is 5.69 Å². The largest absolute Gasteiger partial charge is 0.454 e. The third-order valence-corrected chi connectivity index (χ3v) is 5.16. The van der Waals surface area contributed by atoms with Crippen LogP contribution in [0, 0.1) is 0 Å². The van der Waals surface area contributed by atoms with Crippen LogP contribution >= 0.6 is 0 Å². The van der Waals surface area contributed by atoms with E-state index in [1.807, 2.05) is 72.8 Å². The van der Waals surface area contributed by atoms with Crippen molar-refractivity contribution in [2.24, 2.45) is 0 Å². The normalized spacial score (nSPS) is 12.1. The lowest BCUT2D eigenvalue weighted by atomic mass is 10.1. The van der Waals surface area contributed by atoms with Gasteiger partial charge in [-0.1, -0.05) is 54.6 Å². The van der Waals surface area contributed by atoms with Gasteiger partial charge in [0.05, 0.1) is 11.2 Å². The summed E-state index contributed by atoms with van der Waals surface area (Å²) in [5.74, 6) is 1.08. The van der Waals surface area contributed by atoms with Gasteiger partial charge in [-0.15, -0.1) is 0 Å². The van der Waals surface area contributed by atoms with Gasteiger partial charge in [0.25, 0.3) is 0 Å². The van der Waals surface area contributed by atoms with Gasteiger partial charge in [0, 0.05) is 17.5 Å². The topological polar surface area (TPSA) is 82.5 Å². The highest BCUT2D eigenvalue weighted by molar-refractivity contribution is 5.93. The molecule has 1 aliphatic heterocycles. The number of carbonyl (C=O) groups is 1. The molecule has 0 spiro atoms. The monoisotopic (exact) mass is 413 g/mol. The highest BCUT2D eigenvalue weighted by Crippen LogP contribution is 2.32. The summed E-state index contributed by atoms with van der Waals surface area (Å²) in [6, 6.07) is 22.5. The van der Waals surface area contributed by atoms with E-state index in [-0.39, 0.29) is 19.2 Å². The first-order valence-corrected chi connectivity index (χ1v) is 9.89. The van der Waals surface area contributed by atoms with Gasteiger partial charge >= 0.3 is 5.69 Å². The Kier molecular flexibility index (Phi) is 4.84. The van der Waals surface area contributed by atoms with Gasteiger partial charge in [0.15, 0.2) is 11.5 Å². The molecule has 4 aromatic rings. The lowest BCUT2D eigenvalue weighted by Gasteiger charge is -2.13. The van der Waals surface area contributed by atoms with E-state index in [2.05, 4.69) is 10.3 Å². The summed E-state index contributed by atoms with van der Waals surface area (Å²) < 4.78 is 12.1. The lowest BCUT2D eigenvalue weighted by Crippen LogP contribution is -2.33. The number of para-hydroxylation sites is 1. The second-order valence-electron chi connectivity index (χ2n) is 7.18. The molecule has 7 nitrogen and oxygen atoms in total. The van der Waals surface area contributed by atoms with Crippen LogP contribution in [0.5, 0.6) is 11.5 Å². The average molecular weight is 413 g/mol. The Balaban J connectivity index is 1.40. The molecule has 0 atom stereocenters. The summed E-state index contributed by atoms with van der Waals surface area (Å²) in [4.78, 5) is 29.7. The fraction of sp³-hybridized carbons (Fsp3) is 0.125. The van der Waals surface area contributed by atoms with Crippen molar-refractivity contribution >= 4 is 16.8 Å². The van der Waals surface area contributed by atoms with E-state index in [9.17, 15) is 9.59 Å². The number of ether oxygens (including phenoxy) is 2. The smallest absolute Gasteiger partial charge is 0.349 e. The van der Waals surface area contributed by atoms with Crippen molar-refractivity contribution in [1.82, 2.24) is 14.9 Å². The third-order valence-electron chi connectivity index (χ3n) is 5.16. The van der Waals surface area contributed by atoms with Gasteiger partial charge in [-0.3, -0.25) is 9.36 Å². The van der Waals surface area contributed by atoms with Crippen molar-refractivity contribution in [3.05, 3.63) is 88.8 Å². The standard InChI is InChI=1S/C24H19N3O4/c28-22(25-13-16-10-11-20-21(12-16)31-15-30-20)14-27-19-9-5-4-8-18(19)23(26-24(27)29)17-6-2-1-3-7-17/h1-12H,13-15H2,(H,25,28). The Labute approximate surface area is 177 Å². The van der Waals surface area contributed by atoms with Crippen LogP contribution in [0.4, 0.5) is 0 Å². The van der Waals surface area contributed by atoms with Crippen molar-refractivity contribution in [2.75, 3.05) is 6.79 Å². The molecule has 0 aliphatic carbocycles. The molecule has 1 N–H and O–H groups in total. The number of nitrogens with one attached hydrogen (secondary N) is 1. The molecule has 5 rings (SSSR count). The molecule has 1 aliphatic rings. The maximum atomic E-state index is 12.8. The Morgan fingerprint density at radius 2 is 1.74 bits per heavy atom. The van der Waals surface area contributed by atoms with Crippen LogP contribution in [0.25, 0.3) is 22.2 Å². The number of nitrogens with zero attached hydrogens (tertiary/aromatic N) is 2. The second-order valence-corrected chi connectivity index (χ2v) is 7.18. The first kappa shape index (κ1) is 18.9. The number of benzene rings is 3. The van der Waals surface area contributed by atoms with Gasteiger partial charge in [0.2, 0.25) is 12.7 Å². The van der Waals surface area contributed by atoms with Crippen LogP contribution in [0.15, 0.2) is 77.6 Å². The minimum atomic E-state index is -0.462. The first-order valence-electron chi connectivity index (χ1n) is 9.89. The van der Waals surface area contributed by atoms with Gasteiger partial charge in [-0.2, -0.15) is 4.98 Å². The molecule has 0 saturated heterocycles. The summed E-state index contributed by atoms with van der Waals surface area (Å²) >= 11 is 0. The minimum absolute atomic E-state index is 0.119. The van der Waals surface area contributed by atoms with Crippen molar-refractivity contribution < 1.29 is 14.3 Å². The molecule has 0 fully saturated rings. The number of rotatable bonds is 5. The number of aromatic nitrogens is 2. The van der Waals surface area contributed by atoms with E-state index in [1.165, 1.54) is 4.57 Å². The van der Waals surface area contributed by atoms with Crippen LogP contribution in [0.2, 0.25) is 0 Å². The molecular formula is C24H19N3O4. The summed E-state index contributed by atoms with van der Waals surface area (Å²) in [5.41, 5.74) is 2.55. The quantitative estimate of drug-likeness (QED) is 0.544. The fourth-order valence-electron chi connectivity index (χ4n) is 3.65. The number of hydrogen-bond donors (Lipinski definition) is 1. The summed E-state index contributed by atoms with van der Waals surface area (Å²) in [6.07, 6.45) is 0. The molecule has 0 saturated carbocycles. The number of hydrogen-bond acceptors (Lipinski definition) is 5. The molecule has 3 aromatic carbocycles. The van der Waals surface area contributed by atoms with Crippen LogP contribution in [-0.4, -0.2) is 22.3 Å². The molecule has 2 heterocycles. The Morgan fingerprint density at radius 3 is 2.61 bits per heavy atom. The van der Waals surface area contributed by atoms with Crippen LogP contribution < -0.4 is 20.5 Å². The van der Waals surface area contributed by atoms with Crippen molar-refractivity contribution in [3.8, 4) is 22.8 Å². The molecule has 0 bridgehead atoms. The average Bonchev–Trinajstić information content (AvgIpc) is 3.28. The van der Waals surface area contributed by atoms with Crippen molar-refractivity contribution in [2.45, 2.75) is 13.1 Å². The molecule has 1 amide bonds. The zero-order valence-corrected chi connectivity index (χ0v) is 16.6. The first-order chi connectivity index (χ1) is 15.2. The maximum absolute atomic E-state index is 12.8. The number of carbonyl (C=O) groups excluding carboxylic acids is 1. The zero-order chi connectivity index (χ0) is 21.2. The van der Waals surface area contributed by atoms with E-state index >= 15 is 0 Å². The fourth-order valence-corrected chi connectivity index (χ4v) is 3.65. The Bertz CT molecular complexity index is 1330. The predicted molar refractivity (Wildman–Crippen MR) is 116 cm³/mol. The van der Waals surface area contributed by atoms with Crippen LogP contribution in [-0.2, 0) is 17.9 Å². The van der Waals surface area contributed by atoms with Gasteiger partial charge in [0.1, 0.15) is 6.54 Å². The molecule has 0 unspecified atom stereocenters. The van der Waals surface area contributed by atoms with Crippen molar-refractivity contribution in [3.63, 3.8) is 0 Å². The molecule has 7 heteroatoms. The highest BCUT2D eigenvalue weighted by atomic mass is 16.7. The van der Waals surface area contributed by atoms with E-state index in [4.69, 9.17) is 9.47 Å². The Hall–Kier alpha value is -4.13. The van der Waals surface area contributed by atoms with E-state index in [0.29, 0.717) is 29.3 Å². The summed E-state index contributed by atoms with van der Waals surface area (Å²) in [5, 5.41) is 3.67. The molecule has 154 valence electrons. The highest BCUT2D eigenvalue weighted by Gasteiger charge is 2.15. The lowest BCUT2D eigenvalue weighted by molar-refractivity contribution is -0.121. The summed E-state index contributed by atoms with van der Waals surface area (Å²) in [6.45, 7) is 0.400. The molecule has 31 heavy (non-hydrogen) atoms. The van der Waals surface area contributed by atoms with Crippen LogP contribution in [0.3, 0.4) is 0 Å². The minimum Gasteiger partial charge on any atom is -0.454 e. The van der Waals surface area contributed by atoms with Gasteiger partial charge in [-0.05, 0) is 23.8 Å². The van der Waals surface area contributed by atoms with Crippen molar-refractivity contribution in [1.29, 1.82) is 0 Å². The molecule has 0 radical (unpaired) electrons. The van der Waals surface area contributed by atoms with E-state index in [0.717, 1.165) is 16.5 Å². The Morgan fingerprint density at radius 1 is 0.968 bits per heavy atom. The third kappa shape index (κ3) is 3.73. The zero-order valence-electron chi connectivity index (χ0n) is 16.6. The summed E-state index contributed by atoms with van der Waals surface area (Å²) in [7, 11) is 0. The van der Waals surface area contributed by atoms with Gasteiger partial charge < -0.3 is 14.8 Å². The second kappa shape index (κ2) is 7.95. The maximum Gasteiger partial charge on any atom is 0.349 e. The molecular weight excluding hydrogens is 394 g/mol. The van der Waals surface area contributed by atoms with Crippen LogP contribution in [0.1, 0.15) is 5.56 Å². The molecule has 1 aromatic heterocycles. The SMILES string of the molecule is O=C(Cn1c(=O)nc(-c2ccccc2)c2ccccc21)NCc1ccc2c(c1)OCO2. The van der Waals surface area contributed by atoms with E-state index in [1.54, 1.807) is 0 Å². The number of fused-ring (bicyclic) bond motifs is 2. The predicted octanol–water partition coefficient (Wildman–Crippen LogP) is 3.11. The van der Waals surface area contributed by atoms with Gasteiger partial charge in [-0.25, -0.2) is 4.79 Å². The number of amides is 1.